The van der Waals surface area contributed by atoms with E-state index in [1.807, 2.05) is 12.1 Å². The first-order valence-electron chi connectivity index (χ1n) is 8.07. The zero-order chi connectivity index (χ0) is 17.8. The fourth-order valence-corrected chi connectivity index (χ4v) is 2.91. The van der Waals surface area contributed by atoms with Gasteiger partial charge in [0.05, 0.1) is 14.2 Å². The molecule has 0 saturated carbocycles. The Morgan fingerprint density at radius 2 is 1.68 bits per heavy atom. The number of hydrogen-bond acceptors (Lipinski definition) is 4. The third-order valence-corrected chi connectivity index (χ3v) is 4.17. The zero-order valence-electron chi connectivity index (χ0n) is 14.2. The third kappa shape index (κ3) is 3.42. The molecule has 2 aromatic carbocycles. The number of rotatable bonds is 5. The van der Waals surface area contributed by atoms with E-state index in [-0.39, 0.29) is 11.8 Å². The van der Waals surface area contributed by atoms with Crippen molar-refractivity contribution in [3.63, 3.8) is 0 Å². The van der Waals surface area contributed by atoms with Crippen molar-refractivity contribution in [2.24, 2.45) is 0 Å². The summed E-state index contributed by atoms with van der Waals surface area (Å²) in [6.45, 7) is 0.739. The largest absolute Gasteiger partial charge is 0.496 e. The molecule has 3 rings (SSSR count). The highest BCUT2D eigenvalue weighted by Crippen LogP contribution is 2.29. The fourth-order valence-electron chi connectivity index (χ4n) is 2.91. The number of benzene rings is 2. The average molecular weight is 340 g/mol. The van der Waals surface area contributed by atoms with Crippen LogP contribution in [0.5, 0.6) is 11.5 Å². The summed E-state index contributed by atoms with van der Waals surface area (Å²) in [4.78, 5) is 26.2. The van der Waals surface area contributed by atoms with Crippen molar-refractivity contribution in [3.05, 3.63) is 48.0 Å². The highest BCUT2D eigenvalue weighted by Gasteiger charge is 2.22. The Balaban J connectivity index is 1.79. The number of hydrogen-bond donors (Lipinski definition) is 1. The predicted molar refractivity (Wildman–Crippen MR) is 95.5 cm³/mol. The highest BCUT2D eigenvalue weighted by atomic mass is 16.5. The van der Waals surface area contributed by atoms with Crippen molar-refractivity contribution in [2.45, 2.75) is 12.8 Å². The lowest BCUT2D eigenvalue weighted by atomic mass is 10.1. The van der Waals surface area contributed by atoms with E-state index in [0.29, 0.717) is 29.2 Å². The van der Waals surface area contributed by atoms with Crippen LogP contribution in [0, 0.1) is 0 Å². The van der Waals surface area contributed by atoms with Crippen LogP contribution in [0.2, 0.25) is 0 Å². The number of nitrogens with zero attached hydrogens (tertiary/aromatic N) is 1. The number of methoxy groups -OCH3 is 2. The van der Waals surface area contributed by atoms with Gasteiger partial charge < -0.3 is 19.7 Å². The summed E-state index contributed by atoms with van der Waals surface area (Å²) in [5.41, 5.74) is 1.81. The van der Waals surface area contributed by atoms with E-state index >= 15 is 0 Å². The van der Waals surface area contributed by atoms with Crippen molar-refractivity contribution < 1.29 is 19.1 Å². The first kappa shape index (κ1) is 16.8. The Morgan fingerprint density at radius 1 is 1.04 bits per heavy atom. The monoisotopic (exact) mass is 340 g/mol. The van der Waals surface area contributed by atoms with Crippen LogP contribution >= 0.6 is 0 Å². The maximum Gasteiger partial charge on any atom is 0.263 e. The molecule has 6 nitrogen and oxygen atoms in total. The van der Waals surface area contributed by atoms with Gasteiger partial charge in [-0.05, 0) is 42.8 Å². The maximum atomic E-state index is 12.6. The maximum absolute atomic E-state index is 12.6. The highest BCUT2D eigenvalue weighted by molar-refractivity contribution is 6.08. The Morgan fingerprint density at radius 3 is 2.20 bits per heavy atom. The van der Waals surface area contributed by atoms with E-state index in [1.54, 1.807) is 35.2 Å². The normalized spacial score (nSPS) is 13.7. The van der Waals surface area contributed by atoms with E-state index in [1.165, 1.54) is 14.2 Å². The molecule has 0 spiro atoms. The molecule has 0 aliphatic carbocycles. The minimum atomic E-state index is -0.320. The van der Waals surface area contributed by atoms with Gasteiger partial charge in [-0.3, -0.25) is 9.59 Å². The Bertz CT molecular complexity index is 764. The van der Waals surface area contributed by atoms with Gasteiger partial charge in [-0.2, -0.15) is 0 Å². The number of ether oxygens (including phenoxy) is 2. The van der Waals surface area contributed by atoms with Gasteiger partial charge in [0, 0.05) is 24.3 Å². The molecular weight excluding hydrogens is 320 g/mol. The van der Waals surface area contributed by atoms with E-state index in [9.17, 15) is 9.59 Å². The van der Waals surface area contributed by atoms with Crippen LogP contribution in [0.3, 0.4) is 0 Å². The Kier molecular flexibility index (Phi) is 4.88. The molecule has 0 aromatic heterocycles. The molecule has 0 atom stereocenters. The molecule has 0 bridgehead atoms. The second-order valence-corrected chi connectivity index (χ2v) is 5.69. The van der Waals surface area contributed by atoms with Crippen molar-refractivity contribution in [1.29, 1.82) is 0 Å². The summed E-state index contributed by atoms with van der Waals surface area (Å²) in [6, 6.07) is 12.4. The molecule has 0 unspecified atom stereocenters. The molecule has 2 aromatic rings. The van der Waals surface area contributed by atoms with Gasteiger partial charge in [0.2, 0.25) is 5.91 Å². The van der Waals surface area contributed by atoms with Crippen LogP contribution in [0.15, 0.2) is 42.5 Å². The van der Waals surface area contributed by atoms with Crippen LogP contribution in [-0.2, 0) is 4.79 Å². The van der Waals surface area contributed by atoms with Crippen LogP contribution < -0.4 is 19.7 Å². The van der Waals surface area contributed by atoms with E-state index in [0.717, 1.165) is 18.7 Å². The van der Waals surface area contributed by atoms with Crippen molar-refractivity contribution in [1.82, 2.24) is 0 Å². The number of anilines is 2. The molecule has 25 heavy (non-hydrogen) atoms. The van der Waals surface area contributed by atoms with E-state index < -0.39 is 0 Å². The molecule has 1 N–H and O–H groups in total. The van der Waals surface area contributed by atoms with Gasteiger partial charge >= 0.3 is 0 Å². The minimum absolute atomic E-state index is 0.135. The Labute approximate surface area is 146 Å². The average Bonchev–Trinajstić information content (AvgIpc) is 3.07. The molecular formula is C19H20N2O4. The quantitative estimate of drug-likeness (QED) is 0.908. The molecule has 0 radical (unpaired) electrons. The van der Waals surface area contributed by atoms with E-state index in [2.05, 4.69) is 5.32 Å². The lowest BCUT2D eigenvalue weighted by Gasteiger charge is -2.16. The minimum Gasteiger partial charge on any atom is -0.496 e. The van der Waals surface area contributed by atoms with Gasteiger partial charge in [0.15, 0.2) is 0 Å². The van der Waals surface area contributed by atoms with Crippen molar-refractivity contribution in [3.8, 4) is 11.5 Å². The molecule has 1 fully saturated rings. The summed E-state index contributed by atoms with van der Waals surface area (Å²) >= 11 is 0. The van der Waals surface area contributed by atoms with Gasteiger partial charge in [-0.25, -0.2) is 0 Å². The van der Waals surface area contributed by atoms with Gasteiger partial charge in [0.25, 0.3) is 5.91 Å². The first-order valence-corrected chi connectivity index (χ1v) is 8.07. The molecule has 6 heteroatoms. The molecule has 1 aliphatic rings. The van der Waals surface area contributed by atoms with Crippen LogP contribution in [-0.4, -0.2) is 32.6 Å². The molecule has 2 amide bonds. The fraction of sp³-hybridized carbons (Fsp3) is 0.263. The van der Waals surface area contributed by atoms with Crippen molar-refractivity contribution in [2.75, 3.05) is 31.0 Å². The SMILES string of the molecule is COc1cccc(OC)c1C(=O)Nc1ccc(N2CCCC2=O)cc1. The van der Waals surface area contributed by atoms with Gasteiger partial charge in [0.1, 0.15) is 17.1 Å². The lowest BCUT2D eigenvalue weighted by molar-refractivity contribution is -0.117. The first-order chi connectivity index (χ1) is 12.1. The number of amides is 2. The topological polar surface area (TPSA) is 67.9 Å². The lowest BCUT2D eigenvalue weighted by Crippen LogP contribution is -2.23. The second-order valence-electron chi connectivity index (χ2n) is 5.69. The molecule has 1 heterocycles. The molecule has 130 valence electrons. The Hall–Kier alpha value is -3.02. The number of nitrogens with one attached hydrogen (secondary N) is 1. The summed E-state index contributed by atoms with van der Waals surface area (Å²) in [6.07, 6.45) is 1.47. The molecule has 1 aliphatic heterocycles. The van der Waals surface area contributed by atoms with Crippen molar-refractivity contribution >= 4 is 23.2 Å². The number of carbonyl (C=O) groups excluding carboxylic acids is 2. The summed E-state index contributed by atoms with van der Waals surface area (Å²) in [7, 11) is 3.01. The number of carbonyl (C=O) groups is 2. The standard InChI is InChI=1S/C19H20N2O4/c1-24-15-5-3-6-16(25-2)18(15)19(23)20-13-8-10-14(11-9-13)21-12-4-7-17(21)22/h3,5-6,8-11H,4,7,12H2,1-2H3,(H,20,23). The second kappa shape index (κ2) is 7.25. The predicted octanol–water partition coefficient (Wildman–Crippen LogP) is 3.08. The van der Waals surface area contributed by atoms with Crippen LogP contribution in [0.4, 0.5) is 11.4 Å². The van der Waals surface area contributed by atoms with Crippen LogP contribution in [0.25, 0.3) is 0 Å². The van der Waals surface area contributed by atoms with Gasteiger partial charge in [-0.15, -0.1) is 0 Å². The van der Waals surface area contributed by atoms with Gasteiger partial charge in [-0.1, -0.05) is 6.07 Å². The van der Waals surface area contributed by atoms with E-state index in [4.69, 9.17) is 9.47 Å². The summed E-state index contributed by atoms with van der Waals surface area (Å²) < 4.78 is 10.5. The molecule has 1 saturated heterocycles. The zero-order valence-corrected chi connectivity index (χ0v) is 14.2. The summed E-state index contributed by atoms with van der Waals surface area (Å²) in [5.74, 6) is 0.696. The smallest absolute Gasteiger partial charge is 0.263 e. The summed E-state index contributed by atoms with van der Waals surface area (Å²) in [5, 5.41) is 2.83. The third-order valence-electron chi connectivity index (χ3n) is 4.17. The van der Waals surface area contributed by atoms with Crippen LogP contribution in [0.1, 0.15) is 23.2 Å².